The summed E-state index contributed by atoms with van der Waals surface area (Å²) in [5.41, 5.74) is 5.63. The summed E-state index contributed by atoms with van der Waals surface area (Å²) in [6.45, 7) is 11.3. The van der Waals surface area contributed by atoms with Crippen LogP contribution in [0.4, 0.5) is 0 Å². The number of benzene rings is 2. The molecule has 0 spiro atoms. The van der Waals surface area contributed by atoms with Gasteiger partial charge in [-0.25, -0.2) is 0 Å². The molecule has 0 bridgehead atoms. The highest BCUT2D eigenvalue weighted by Crippen LogP contribution is 2.27. The van der Waals surface area contributed by atoms with Crippen LogP contribution in [0.5, 0.6) is 5.75 Å². The Morgan fingerprint density at radius 3 is 2.48 bits per heavy atom. The smallest absolute Gasteiger partial charge is 0.254 e. The van der Waals surface area contributed by atoms with Crippen molar-refractivity contribution in [3.05, 3.63) is 64.2 Å². The molecule has 1 fully saturated rings. The van der Waals surface area contributed by atoms with Crippen molar-refractivity contribution in [2.75, 3.05) is 26.4 Å². The zero-order valence-corrected chi connectivity index (χ0v) is 17.9. The Balaban J connectivity index is 1.68. The van der Waals surface area contributed by atoms with Crippen molar-refractivity contribution in [3.8, 4) is 5.75 Å². The first kappa shape index (κ1) is 21.3. The summed E-state index contributed by atoms with van der Waals surface area (Å²) in [4.78, 5) is 14.6. The molecule has 1 saturated heterocycles. The number of nitrogens with zero attached hydrogens (tertiary/aromatic N) is 1. The lowest BCUT2D eigenvalue weighted by molar-refractivity contribution is -0.158. The molecule has 1 aliphatic heterocycles. The lowest BCUT2D eigenvalue weighted by Gasteiger charge is -2.29. The molecule has 1 amide bonds. The summed E-state index contributed by atoms with van der Waals surface area (Å²) in [7, 11) is 0. The fourth-order valence-electron chi connectivity index (χ4n) is 3.72. The summed E-state index contributed by atoms with van der Waals surface area (Å²) >= 11 is 0. The van der Waals surface area contributed by atoms with Gasteiger partial charge in [-0.1, -0.05) is 42.0 Å². The first-order valence-corrected chi connectivity index (χ1v) is 10.2. The monoisotopic (exact) mass is 397 g/mol. The number of hydrogen-bond acceptors (Lipinski definition) is 4. The average Bonchev–Trinajstić information content (AvgIpc) is 2.71. The highest BCUT2D eigenvalue weighted by atomic mass is 16.6. The molecule has 1 atom stereocenters. The van der Waals surface area contributed by atoms with E-state index in [9.17, 15) is 4.79 Å². The second-order valence-corrected chi connectivity index (χ2v) is 7.62. The van der Waals surface area contributed by atoms with Crippen molar-refractivity contribution >= 4 is 5.91 Å². The van der Waals surface area contributed by atoms with Crippen LogP contribution in [0.1, 0.15) is 34.7 Å². The topological polar surface area (TPSA) is 48.0 Å². The maximum absolute atomic E-state index is 12.8. The van der Waals surface area contributed by atoms with Gasteiger partial charge in [0, 0.05) is 13.1 Å². The Kier molecular flexibility index (Phi) is 7.29. The van der Waals surface area contributed by atoms with Crippen LogP contribution in [-0.2, 0) is 27.4 Å². The van der Waals surface area contributed by atoms with E-state index in [-0.39, 0.29) is 5.91 Å². The molecule has 0 radical (unpaired) electrons. The zero-order valence-electron chi connectivity index (χ0n) is 17.9. The van der Waals surface area contributed by atoms with E-state index in [0.717, 1.165) is 28.0 Å². The molecule has 2 aromatic carbocycles. The maximum atomic E-state index is 12.8. The van der Waals surface area contributed by atoms with Crippen LogP contribution in [0.2, 0.25) is 0 Å². The maximum Gasteiger partial charge on any atom is 0.254 e. The van der Waals surface area contributed by atoms with E-state index in [4.69, 9.17) is 14.2 Å². The molecule has 0 saturated carbocycles. The second-order valence-electron chi connectivity index (χ2n) is 7.62. The fraction of sp³-hybridized carbons (Fsp3) is 0.458. The van der Waals surface area contributed by atoms with Gasteiger partial charge in [0.05, 0.1) is 19.8 Å². The lowest BCUT2D eigenvalue weighted by Crippen LogP contribution is -2.45. The third kappa shape index (κ3) is 5.58. The van der Waals surface area contributed by atoms with Gasteiger partial charge in [-0.05, 0) is 49.9 Å². The van der Waals surface area contributed by atoms with Gasteiger partial charge in [0.1, 0.15) is 12.4 Å². The van der Waals surface area contributed by atoms with Gasteiger partial charge in [-0.2, -0.15) is 0 Å². The van der Waals surface area contributed by atoms with Gasteiger partial charge in [-0.3, -0.25) is 4.79 Å². The van der Waals surface area contributed by atoms with E-state index < -0.39 is 6.10 Å². The summed E-state index contributed by atoms with van der Waals surface area (Å²) in [5.74, 6) is 0.899. The van der Waals surface area contributed by atoms with Crippen LogP contribution in [0.15, 0.2) is 36.4 Å². The van der Waals surface area contributed by atoms with Gasteiger partial charge in [0.2, 0.25) is 0 Å². The predicted octanol–water partition coefficient (Wildman–Crippen LogP) is 3.95. The van der Waals surface area contributed by atoms with E-state index in [0.29, 0.717) is 39.5 Å². The standard InChI is InChI=1S/C24H31NO4/c1-5-25(24(26)22-16-27-9-10-28-22)14-21-12-18(3)23(19(4)13-21)29-15-20-8-6-7-17(2)11-20/h6-8,11-13,22H,5,9-10,14-16H2,1-4H3. The Hall–Kier alpha value is -2.37. The minimum Gasteiger partial charge on any atom is -0.488 e. The number of hydrogen-bond donors (Lipinski definition) is 0. The SMILES string of the molecule is CCN(Cc1cc(C)c(OCc2cccc(C)c2)c(C)c1)C(=O)C1COCCO1. The first-order valence-electron chi connectivity index (χ1n) is 10.2. The van der Waals surface area contributed by atoms with Gasteiger partial charge >= 0.3 is 0 Å². The Labute approximate surface area is 173 Å². The normalized spacial score (nSPS) is 16.5. The average molecular weight is 398 g/mol. The number of carbonyl (C=O) groups excluding carboxylic acids is 1. The molecule has 3 rings (SSSR count). The fourth-order valence-corrected chi connectivity index (χ4v) is 3.72. The summed E-state index contributed by atoms with van der Waals surface area (Å²) in [6, 6.07) is 12.6. The number of amides is 1. The third-order valence-electron chi connectivity index (χ3n) is 5.14. The zero-order chi connectivity index (χ0) is 20.8. The minimum absolute atomic E-state index is 0.0118. The molecular formula is C24H31NO4. The minimum atomic E-state index is -0.497. The lowest BCUT2D eigenvalue weighted by atomic mass is 10.0. The Morgan fingerprint density at radius 1 is 1.10 bits per heavy atom. The largest absolute Gasteiger partial charge is 0.488 e. The van der Waals surface area contributed by atoms with E-state index in [1.807, 2.05) is 17.9 Å². The Bertz CT molecular complexity index is 820. The van der Waals surface area contributed by atoms with Crippen molar-refractivity contribution in [1.29, 1.82) is 0 Å². The van der Waals surface area contributed by atoms with Gasteiger partial charge in [0.25, 0.3) is 5.91 Å². The van der Waals surface area contributed by atoms with E-state index >= 15 is 0 Å². The molecule has 2 aromatic rings. The van der Waals surface area contributed by atoms with Gasteiger partial charge in [0.15, 0.2) is 6.10 Å². The molecule has 1 aliphatic rings. The second kappa shape index (κ2) is 9.90. The number of likely N-dealkylation sites (N-methyl/N-ethyl adjacent to an activating group) is 1. The molecule has 0 N–H and O–H groups in total. The molecule has 1 heterocycles. The van der Waals surface area contributed by atoms with Gasteiger partial charge in [-0.15, -0.1) is 0 Å². The van der Waals surface area contributed by atoms with Crippen LogP contribution >= 0.6 is 0 Å². The molecule has 5 nitrogen and oxygen atoms in total. The number of rotatable bonds is 7. The van der Waals surface area contributed by atoms with Crippen LogP contribution in [-0.4, -0.2) is 43.3 Å². The third-order valence-corrected chi connectivity index (χ3v) is 5.14. The van der Waals surface area contributed by atoms with Crippen molar-refractivity contribution < 1.29 is 19.0 Å². The molecule has 29 heavy (non-hydrogen) atoms. The van der Waals surface area contributed by atoms with Crippen molar-refractivity contribution in [2.45, 2.75) is 47.0 Å². The van der Waals surface area contributed by atoms with Crippen molar-refractivity contribution in [1.82, 2.24) is 4.90 Å². The van der Waals surface area contributed by atoms with Crippen LogP contribution in [0, 0.1) is 20.8 Å². The highest BCUT2D eigenvalue weighted by molar-refractivity contribution is 5.81. The predicted molar refractivity (Wildman–Crippen MR) is 113 cm³/mol. The van der Waals surface area contributed by atoms with E-state index in [1.165, 1.54) is 5.56 Å². The number of aryl methyl sites for hydroxylation is 3. The van der Waals surface area contributed by atoms with Crippen LogP contribution < -0.4 is 4.74 Å². The summed E-state index contributed by atoms with van der Waals surface area (Å²) < 4.78 is 17.1. The first-order chi connectivity index (χ1) is 14.0. The molecule has 1 unspecified atom stereocenters. The quantitative estimate of drug-likeness (QED) is 0.710. The van der Waals surface area contributed by atoms with Gasteiger partial charge < -0.3 is 19.1 Å². The van der Waals surface area contributed by atoms with Crippen LogP contribution in [0.3, 0.4) is 0 Å². The van der Waals surface area contributed by atoms with Crippen molar-refractivity contribution in [2.24, 2.45) is 0 Å². The summed E-state index contributed by atoms with van der Waals surface area (Å²) in [5, 5.41) is 0. The molecular weight excluding hydrogens is 366 g/mol. The molecule has 5 heteroatoms. The number of ether oxygens (including phenoxy) is 3. The number of carbonyl (C=O) groups is 1. The van der Waals surface area contributed by atoms with E-state index in [1.54, 1.807) is 0 Å². The Morgan fingerprint density at radius 2 is 1.86 bits per heavy atom. The molecule has 156 valence electrons. The molecule has 0 aromatic heterocycles. The van der Waals surface area contributed by atoms with Crippen LogP contribution in [0.25, 0.3) is 0 Å². The highest BCUT2D eigenvalue weighted by Gasteiger charge is 2.27. The van der Waals surface area contributed by atoms with Crippen molar-refractivity contribution in [3.63, 3.8) is 0 Å². The molecule has 0 aliphatic carbocycles. The van der Waals surface area contributed by atoms with E-state index in [2.05, 4.69) is 51.1 Å². The summed E-state index contributed by atoms with van der Waals surface area (Å²) in [6.07, 6.45) is -0.497.